The Hall–Kier alpha value is -0.820. The third-order valence-electron chi connectivity index (χ3n) is 3.97. The van der Waals surface area contributed by atoms with E-state index in [4.69, 9.17) is 5.73 Å². The highest BCUT2D eigenvalue weighted by molar-refractivity contribution is 14.0. The molecule has 4 nitrogen and oxygen atoms in total. The number of halogens is 1. The van der Waals surface area contributed by atoms with Crippen molar-refractivity contribution in [2.24, 2.45) is 10.7 Å². The molecule has 0 bridgehead atoms. The summed E-state index contributed by atoms with van der Waals surface area (Å²) < 4.78 is 0. The van der Waals surface area contributed by atoms with Gasteiger partial charge in [0.2, 0.25) is 0 Å². The van der Waals surface area contributed by atoms with Gasteiger partial charge in [-0.15, -0.1) is 24.0 Å². The van der Waals surface area contributed by atoms with Crippen molar-refractivity contribution in [3.63, 3.8) is 0 Å². The molecule has 0 amide bonds. The highest BCUT2D eigenvalue weighted by Gasteiger charge is 2.09. The zero-order valence-electron chi connectivity index (χ0n) is 13.6. The van der Waals surface area contributed by atoms with Crippen LogP contribution in [0.3, 0.4) is 0 Å². The molecular weight excluding hydrogens is 387 g/mol. The molecule has 5 heteroatoms. The first kappa shape index (κ1) is 19.2. The van der Waals surface area contributed by atoms with E-state index in [2.05, 4.69) is 34.3 Å². The van der Waals surface area contributed by atoms with E-state index in [9.17, 15) is 0 Å². The van der Waals surface area contributed by atoms with Crippen LogP contribution in [0.4, 0.5) is 5.69 Å². The lowest BCUT2D eigenvalue weighted by molar-refractivity contribution is 0.331. The number of rotatable bonds is 7. The van der Waals surface area contributed by atoms with Crippen LogP contribution in [-0.2, 0) is 6.42 Å². The van der Waals surface area contributed by atoms with Crippen LogP contribution in [0.5, 0.6) is 0 Å². The molecule has 1 aromatic carbocycles. The first-order valence-corrected chi connectivity index (χ1v) is 8.16. The number of nitrogens with two attached hydrogens (primary N) is 1. The van der Waals surface area contributed by atoms with Crippen molar-refractivity contribution in [1.82, 2.24) is 4.90 Å². The van der Waals surface area contributed by atoms with E-state index in [-0.39, 0.29) is 24.0 Å². The van der Waals surface area contributed by atoms with Gasteiger partial charge in [0, 0.05) is 12.2 Å². The third kappa shape index (κ3) is 6.96. The number of guanidine groups is 1. The third-order valence-corrected chi connectivity index (χ3v) is 3.97. The van der Waals surface area contributed by atoms with Crippen molar-refractivity contribution < 1.29 is 0 Å². The van der Waals surface area contributed by atoms with Crippen molar-refractivity contribution in [2.45, 2.75) is 39.0 Å². The summed E-state index contributed by atoms with van der Waals surface area (Å²) in [6.45, 7) is 6.72. The fourth-order valence-corrected chi connectivity index (χ4v) is 2.71. The van der Waals surface area contributed by atoms with Crippen molar-refractivity contribution in [3.05, 3.63) is 29.8 Å². The zero-order valence-corrected chi connectivity index (χ0v) is 15.9. The fourth-order valence-electron chi connectivity index (χ4n) is 2.71. The van der Waals surface area contributed by atoms with E-state index in [1.807, 2.05) is 12.1 Å². The number of unbranched alkanes of at least 4 members (excludes halogenated alkanes) is 1. The molecule has 22 heavy (non-hydrogen) atoms. The number of nitrogens with zero attached hydrogens (tertiary/aromatic N) is 2. The number of benzene rings is 1. The molecule has 1 heterocycles. The predicted molar refractivity (Wildman–Crippen MR) is 106 cm³/mol. The largest absolute Gasteiger partial charge is 0.370 e. The lowest BCUT2D eigenvalue weighted by atomic mass is 10.1. The maximum absolute atomic E-state index is 5.93. The van der Waals surface area contributed by atoms with E-state index in [0.29, 0.717) is 5.96 Å². The average Bonchev–Trinajstić information content (AvgIpc) is 3.00. The number of hydrogen-bond acceptors (Lipinski definition) is 2. The number of nitrogens with one attached hydrogen (secondary N) is 1. The molecule has 0 atom stereocenters. The Morgan fingerprint density at radius 2 is 2.05 bits per heavy atom. The van der Waals surface area contributed by atoms with Crippen LogP contribution in [0.15, 0.2) is 29.3 Å². The SMILES string of the molecule is CCc1cccc(NC(N)=NCCCCN2CCCC2)c1.I. The number of aryl methyl sites for hydroxylation is 1. The topological polar surface area (TPSA) is 53.6 Å². The molecule has 0 aromatic heterocycles. The molecule has 1 saturated heterocycles. The Balaban J connectivity index is 0.00000242. The van der Waals surface area contributed by atoms with Crippen LogP contribution in [0.1, 0.15) is 38.2 Å². The Morgan fingerprint density at radius 3 is 2.77 bits per heavy atom. The Morgan fingerprint density at radius 1 is 1.27 bits per heavy atom. The van der Waals surface area contributed by atoms with Crippen molar-refractivity contribution in [1.29, 1.82) is 0 Å². The lowest BCUT2D eigenvalue weighted by Crippen LogP contribution is -2.23. The maximum Gasteiger partial charge on any atom is 0.193 e. The number of aliphatic imine (C=N–C) groups is 1. The molecule has 0 saturated carbocycles. The summed E-state index contributed by atoms with van der Waals surface area (Å²) >= 11 is 0. The van der Waals surface area contributed by atoms with E-state index < -0.39 is 0 Å². The monoisotopic (exact) mass is 416 g/mol. The molecule has 2 rings (SSSR count). The zero-order chi connectivity index (χ0) is 14.9. The molecule has 1 aliphatic rings. The molecule has 3 N–H and O–H groups in total. The van der Waals surface area contributed by atoms with Gasteiger partial charge in [0.25, 0.3) is 0 Å². The van der Waals surface area contributed by atoms with Gasteiger partial charge in [-0.25, -0.2) is 0 Å². The van der Waals surface area contributed by atoms with E-state index >= 15 is 0 Å². The first-order valence-electron chi connectivity index (χ1n) is 8.16. The van der Waals surface area contributed by atoms with Crippen LogP contribution in [0.2, 0.25) is 0 Å². The minimum Gasteiger partial charge on any atom is -0.370 e. The van der Waals surface area contributed by atoms with Crippen LogP contribution in [0.25, 0.3) is 0 Å². The van der Waals surface area contributed by atoms with Gasteiger partial charge in [0.05, 0.1) is 0 Å². The van der Waals surface area contributed by atoms with Gasteiger partial charge in [-0.3, -0.25) is 4.99 Å². The quantitative estimate of drug-likeness (QED) is 0.310. The summed E-state index contributed by atoms with van der Waals surface area (Å²) in [5.41, 5.74) is 8.26. The summed E-state index contributed by atoms with van der Waals surface area (Å²) in [6.07, 6.45) is 6.08. The molecular formula is C17H29IN4. The number of likely N-dealkylation sites (tertiary alicyclic amines) is 1. The molecule has 0 unspecified atom stereocenters. The van der Waals surface area contributed by atoms with E-state index in [0.717, 1.165) is 25.1 Å². The van der Waals surface area contributed by atoms with Gasteiger partial charge in [-0.1, -0.05) is 19.1 Å². The minimum atomic E-state index is 0. The molecule has 1 fully saturated rings. The van der Waals surface area contributed by atoms with Crippen LogP contribution in [-0.4, -0.2) is 37.0 Å². The Kier molecular flexibility index (Phi) is 9.47. The summed E-state index contributed by atoms with van der Waals surface area (Å²) in [5.74, 6) is 0.518. The van der Waals surface area contributed by atoms with Crippen molar-refractivity contribution >= 4 is 35.6 Å². The van der Waals surface area contributed by atoms with Gasteiger partial charge < -0.3 is 16.0 Å². The van der Waals surface area contributed by atoms with Gasteiger partial charge in [-0.05, 0) is 69.4 Å². The fraction of sp³-hybridized carbons (Fsp3) is 0.588. The smallest absolute Gasteiger partial charge is 0.193 e. The van der Waals surface area contributed by atoms with Crippen LogP contribution < -0.4 is 11.1 Å². The minimum absolute atomic E-state index is 0. The second kappa shape index (κ2) is 10.8. The Bertz CT molecular complexity index is 456. The lowest BCUT2D eigenvalue weighted by Gasteiger charge is -2.13. The maximum atomic E-state index is 5.93. The normalized spacial score (nSPS) is 15.6. The summed E-state index contributed by atoms with van der Waals surface area (Å²) in [7, 11) is 0. The predicted octanol–water partition coefficient (Wildman–Crippen LogP) is 3.47. The number of anilines is 1. The average molecular weight is 416 g/mol. The van der Waals surface area contributed by atoms with Crippen molar-refractivity contribution in [2.75, 3.05) is 31.5 Å². The highest BCUT2D eigenvalue weighted by atomic mass is 127. The number of hydrogen-bond donors (Lipinski definition) is 2. The van der Waals surface area contributed by atoms with Gasteiger partial charge in [0.15, 0.2) is 5.96 Å². The first-order chi connectivity index (χ1) is 10.3. The molecule has 124 valence electrons. The summed E-state index contributed by atoms with van der Waals surface area (Å²) in [4.78, 5) is 6.95. The Labute approximate surface area is 151 Å². The van der Waals surface area contributed by atoms with Gasteiger partial charge in [-0.2, -0.15) is 0 Å². The van der Waals surface area contributed by atoms with Gasteiger partial charge in [0.1, 0.15) is 0 Å². The molecule has 0 spiro atoms. The van der Waals surface area contributed by atoms with E-state index in [1.54, 1.807) is 0 Å². The molecule has 0 aliphatic carbocycles. The molecule has 0 radical (unpaired) electrons. The van der Waals surface area contributed by atoms with Crippen molar-refractivity contribution in [3.8, 4) is 0 Å². The second-order valence-electron chi connectivity index (χ2n) is 5.70. The second-order valence-corrected chi connectivity index (χ2v) is 5.70. The van der Waals surface area contributed by atoms with Gasteiger partial charge >= 0.3 is 0 Å². The summed E-state index contributed by atoms with van der Waals surface area (Å²) in [6, 6.07) is 8.31. The van der Waals surface area contributed by atoms with Crippen LogP contribution >= 0.6 is 24.0 Å². The van der Waals surface area contributed by atoms with Crippen LogP contribution in [0, 0.1) is 0 Å². The molecule has 1 aromatic rings. The standard InChI is InChI=1S/C17H28N4.HI/c1-2-15-8-7-9-16(14-15)20-17(18)19-10-3-4-11-21-12-5-6-13-21;/h7-9,14H,2-6,10-13H2,1H3,(H3,18,19,20);1H. The van der Waals surface area contributed by atoms with E-state index in [1.165, 1.54) is 44.5 Å². The summed E-state index contributed by atoms with van der Waals surface area (Å²) in [5, 5.41) is 3.17. The molecule has 1 aliphatic heterocycles. The highest BCUT2D eigenvalue weighted by Crippen LogP contribution is 2.11.